The minimum atomic E-state index is -1.15. The Morgan fingerprint density at radius 1 is 0.609 bits per heavy atom. The molecular formula is C36H62O10. The van der Waals surface area contributed by atoms with Crippen LogP contribution in [-0.4, -0.2) is 62.9 Å². The monoisotopic (exact) mass is 654 g/mol. The first-order valence-corrected chi connectivity index (χ1v) is 17.9. The van der Waals surface area contributed by atoms with E-state index in [0.29, 0.717) is 32.1 Å². The highest BCUT2D eigenvalue weighted by molar-refractivity contribution is 5.88. The molecule has 1 saturated carbocycles. The van der Waals surface area contributed by atoms with Gasteiger partial charge in [0.2, 0.25) is 0 Å². The number of hydrogen-bond acceptors (Lipinski definition) is 10. The average molecular weight is 655 g/mol. The van der Waals surface area contributed by atoms with Crippen LogP contribution in [-0.2, 0) is 47.7 Å². The second-order valence-corrected chi connectivity index (χ2v) is 12.8. The molecule has 0 aromatic heterocycles. The molecule has 0 heterocycles. The van der Waals surface area contributed by atoms with E-state index in [-0.39, 0.29) is 45.9 Å². The van der Waals surface area contributed by atoms with Crippen molar-refractivity contribution >= 4 is 29.8 Å². The van der Waals surface area contributed by atoms with E-state index in [1.807, 2.05) is 41.5 Å². The lowest BCUT2D eigenvalue weighted by atomic mass is 9.70. The quantitative estimate of drug-likeness (QED) is 0.0546. The van der Waals surface area contributed by atoms with E-state index < -0.39 is 64.9 Å². The van der Waals surface area contributed by atoms with Gasteiger partial charge in [0.25, 0.3) is 0 Å². The largest absolute Gasteiger partial charge is 0.466 e. The molecule has 1 aliphatic rings. The summed E-state index contributed by atoms with van der Waals surface area (Å²) in [6.45, 7) is 14.4. The van der Waals surface area contributed by atoms with Crippen molar-refractivity contribution in [2.45, 2.75) is 132 Å². The van der Waals surface area contributed by atoms with Crippen LogP contribution in [0.4, 0.5) is 0 Å². The van der Waals surface area contributed by atoms with Gasteiger partial charge in [-0.1, -0.05) is 80.1 Å². The van der Waals surface area contributed by atoms with Crippen LogP contribution >= 0.6 is 0 Å². The van der Waals surface area contributed by atoms with E-state index in [9.17, 15) is 24.0 Å². The van der Waals surface area contributed by atoms with Crippen molar-refractivity contribution in [3.63, 3.8) is 0 Å². The van der Waals surface area contributed by atoms with Crippen molar-refractivity contribution in [1.29, 1.82) is 0 Å². The molecular weight excluding hydrogens is 592 g/mol. The fourth-order valence-corrected chi connectivity index (χ4v) is 5.80. The summed E-state index contributed by atoms with van der Waals surface area (Å²) in [5.41, 5.74) is -1.00. The maximum atomic E-state index is 14.1. The van der Waals surface area contributed by atoms with Gasteiger partial charge in [0, 0.05) is 0 Å². The average Bonchev–Trinajstić information content (AvgIpc) is 3.72. The molecule has 0 aliphatic heterocycles. The number of esters is 5. The summed E-state index contributed by atoms with van der Waals surface area (Å²) >= 11 is 0. The van der Waals surface area contributed by atoms with Gasteiger partial charge >= 0.3 is 29.8 Å². The van der Waals surface area contributed by atoms with Crippen LogP contribution in [0, 0.1) is 35.0 Å². The minimum absolute atomic E-state index is 0.144. The number of carbonyl (C=O) groups excluding carboxylic acids is 5. The molecule has 1 rings (SSSR count). The SMILES string of the molecule is CCCCOC(=O)CC(C(=O)OCCCC)C(CC)C(C(=O)OCCCC)C(C(=O)OCCCC)C1CC1(C)C(=O)OCCCC. The van der Waals surface area contributed by atoms with Gasteiger partial charge in [0.05, 0.1) is 62.6 Å². The van der Waals surface area contributed by atoms with Gasteiger partial charge in [-0.15, -0.1) is 0 Å². The van der Waals surface area contributed by atoms with Gasteiger partial charge in [-0.25, -0.2) is 0 Å². The van der Waals surface area contributed by atoms with E-state index in [0.717, 1.165) is 38.5 Å². The zero-order valence-corrected chi connectivity index (χ0v) is 29.7. The number of ether oxygens (including phenoxy) is 5. The summed E-state index contributed by atoms with van der Waals surface area (Å²) in [6, 6.07) is 0. The van der Waals surface area contributed by atoms with Crippen LogP contribution in [0.3, 0.4) is 0 Å². The van der Waals surface area contributed by atoms with E-state index in [1.165, 1.54) is 0 Å². The molecule has 6 atom stereocenters. The van der Waals surface area contributed by atoms with Crippen LogP contribution in [0.25, 0.3) is 0 Å². The standard InChI is InChI=1S/C36H62O10/c1-8-14-19-42-29(37)24-27(32(38)43-20-15-9-2)26(13-6)30(33(39)44-21-16-10-3)31(34(40)45-22-17-11-4)28-25-36(28,7)35(41)46-23-18-12-5/h26-28,30-31H,8-25H2,1-7H3. The Bertz CT molecular complexity index is 934. The molecule has 266 valence electrons. The molecule has 0 aromatic rings. The highest BCUT2D eigenvalue weighted by Crippen LogP contribution is 2.60. The van der Waals surface area contributed by atoms with E-state index in [2.05, 4.69) is 0 Å². The fourth-order valence-electron chi connectivity index (χ4n) is 5.80. The third-order valence-electron chi connectivity index (χ3n) is 8.99. The first-order chi connectivity index (χ1) is 22.1. The molecule has 1 aliphatic carbocycles. The minimum Gasteiger partial charge on any atom is -0.466 e. The first kappa shape index (κ1) is 41.4. The molecule has 0 N–H and O–H groups in total. The number of rotatable bonds is 26. The van der Waals surface area contributed by atoms with Crippen molar-refractivity contribution in [3.05, 3.63) is 0 Å². The van der Waals surface area contributed by atoms with Gasteiger partial charge in [-0.2, -0.15) is 0 Å². The van der Waals surface area contributed by atoms with Crippen LogP contribution in [0.5, 0.6) is 0 Å². The zero-order valence-electron chi connectivity index (χ0n) is 29.7. The predicted octanol–water partition coefficient (Wildman–Crippen LogP) is 6.99. The van der Waals surface area contributed by atoms with Gasteiger partial charge in [-0.05, 0) is 57.3 Å². The summed E-state index contributed by atoms with van der Waals surface area (Å²) in [5.74, 6) is -7.53. The summed E-state index contributed by atoms with van der Waals surface area (Å²) in [5, 5.41) is 0. The molecule has 46 heavy (non-hydrogen) atoms. The Hall–Kier alpha value is -2.65. The summed E-state index contributed by atoms with van der Waals surface area (Å²) in [7, 11) is 0. The highest BCUT2D eigenvalue weighted by atomic mass is 16.6. The molecule has 0 aromatic carbocycles. The third-order valence-corrected chi connectivity index (χ3v) is 8.99. The van der Waals surface area contributed by atoms with Crippen molar-refractivity contribution in [1.82, 2.24) is 0 Å². The Kier molecular flexibility index (Phi) is 20.5. The van der Waals surface area contributed by atoms with E-state index >= 15 is 0 Å². The second-order valence-electron chi connectivity index (χ2n) is 12.8. The number of carbonyl (C=O) groups is 5. The normalized spacial score (nSPS) is 19.7. The van der Waals surface area contributed by atoms with Crippen LogP contribution < -0.4 is 0 Å². The van der Waals surface area contributed by atoms with Crippen LogP contribution in [0.1, 0.15) is 132 Å². The Balaban J connectivity index is 3.65. The summed E-state index contributed by atoms with van der Waals surface area (Å²) in [4.78, 5) is 68.0. The van der Waals surface area contributed by atoms with E-state index in [4.69, 9.17) is 23.7 Å². The molecule has 0 saturated heterocycles. The molecule has 0 spiro atoms. The summed E-state index contributed by atoms with van der Waals surface area (Å²) < 4.78 is 28.1. The van der Waals surface area contributed by atoms with Crippen molar-refractivity contribution in [3.8, 4) is 0 Å². The van der Waals surface area contributed by atoms with Gasteiger partial charge in [0.15, 0.2) is 0 Å². The fraction of sp³-hybridized carbons (Fsp3) is 0.861. The van der Waals surface area contributed by atoms with Crippen LogP contribution in [0.2, 0.25) is 0 Å². The molecule has 0 bridgehead atoms. The Labute approximate surface area is 277 Å². The maximum absolute atomic E-state index is 14.1. The van der Waals surface area contributed by atoms with Gasteiger partial charge < -0.3 is 23.7 Å². The number of unbranched alkanes of at least 4 members (excludes halogenated alkanes) is 5. The molecule has 1 fully saturated rings. The predicted molar refractivity (Wildman–Crippen MR) is 174 cm³/mol. The van der Waals surface area contributed by atoms with E-state index in [1.54, 1.807) is 6.92 Å². The highest BCUT2D eigenvalue weighted by Gasteiger charge is 2.65. The zero-order chi connectivity index (χ0) is 34.5. The lowest BCUT2D eigenvalue weighted by molar-refractivity contribution is -0.171. The maximum Gasteiger partial charge on any atom is 0.312 e. The van der Waals surface area contributed by atoms with Crippen molar-refractivity contribution < 1.29 is 47.7 Å². The summed E-state index contributed by atoms with van der Waals surface area (Å²) in [6.07, 6.45) is 7.69. The third kappa shape index (κ3) is 13.2. The van der Waals surface area contributed by atoms with Gasteiger partial charge in [0.1, 0.15) is 0 Å². The molecule has 10 heteroatoms. The van der Waals surface area contributed by atoms with Gasteiger partial charge in [-0.3, -0.25) is 24.0 Å². The lowest BCUT2D eigenvalue weighted by Gasteiger charge is -2.35. The molecule has 6 unspecified atom stereocenters. The van der Waals surface area contributed by atoms with Crippen molar-refractivity contribution in [2.24, 2.45) is 35.0 Å². The lowest BCUT2D eigenvalue weighted by Crippen LogP contribution is -2.45. The van der Waals surface area contributed by atoms with Crippen molar-refractivity contribution in [2.75, 3.05) is 33.0 Å². The van der Waals surface area contributed by atoms with Crippen LogP contribution in [0.15, 0.2) is 0 Å². The molecule has 0 amide bonds. The topological polar surface area (TPSA) is 132 Å². The Morgan fingerprint density at radius 2 is 1.04 bits per heavy atom. The smallest absolute Gasteiger partial charge is 0.312 e. The molecule has 0 radical (unpaired) electrons. The molecule has 10 nitrogen and oxygen atoms in total. The first-order valence-electron chi connectivity index (χ1n) is 17.9. The number of hydrogen-bond donors (Lipinski definition) is 0. The second kappa shape index (κ2) is 22.8. The Morgan fingerprint density at radius 3 is 1.52 bits per heavy atom.